The number of aryl methyl sites for hydroxylation is 3. The lowest BCUT2D eigenvalue weighted by atomic mass is 10.0. The molecule has 1 aliphatic rings. The third-order valence-corrected chi connectivity index (χ3v) is 4.34. The predicted octanol–water partition coefficient (Wildman–Crippen LogP) is 3.29. The van der Waals surface area contributed by atoms with E-state index in [-0.39, 0.29) is 0 Å². The van der Waals surface area contributed by atoms with Crippen molar-refractivity contribution >= 4 is 10.9 Å². The number of aromatic nitrogens is 1. The highest BCUT2D eigenvalue weighted by Crippen LogP contribution is 2.30. The fourth-order valence-corrected chi connectivity index (χ4v) is 3.20. The van der Waals surface area contributed by atoms with Crippen LogP contribution in [0.5, 0.6) is 0 Å². The number of hydrogen-bond acceptors (Lipinski definition) is 1. The summed E-state index contributed by atoms with van der Waals surface area (Å²) in [6.45, 7) is 2.18. The first kappa shape index (κ1) is 11.8. The van der Waals surface area contributed by atoms with Crippen LogP contribution >= 0.6 is 0 Å². The summed E-state index contributed by atoms with van der Waals surface area (Å²) in [7, 11) is 4.40. The van der Waals surface area contributed by atoms with Crippen LogP contribution in [0.1, 0.15) is 29.7 Å². The van der Waals surface area contributed by atoms with Gasteiger partial charge in [0, 0.05) is 22.6 Å². The zero-order valence-corrected chi connectivity index (χ0v) is 11.6. The highest BCUT2D eigenvalue weighted by Gasteiger charge is 2.20. The van der Waals surface area contributed by atoms with Crippen molar-refractivity contribution in [3.8, 4) is 0 Å². The number of nitrogens with one attached hydrogen (secondary N) is 1. The van der Waals surface area contributed by atoms with Gasteiger partial charge >= 0.3 is 0 Å². The topological polar surface area (TPSA) is 19.0 Å². The lowest BCUT2D eigenvalue weighted by Crippen LogP contribution is -2.27. The summed E-state index contributed by atoms with van der Waals surface area (Å²) in [4.78, 5) is 6.00. The molecule has 3 rings (SSSR count). The van der Waals surface area contributed by atoms with Crippen LogP contribution in [0, 0.1) is 6.92 Å². The molecule has 0 amide bonds. The molecule has 0 saturated carbocycles. The monoisotopic (exact) mass is 242 g/mol. The quantitative estimate of drug-likeness (QED) is 0.760. The van der Waals surface area contributed by atoms with Crippen molar-refractivity contribution in [2.24, 2.45) is 0 Å². The number of benzene rings is 1. The van der Waals surface area contributed by atoms with Crippen molar-refractivity contribution < 1.29 is 0 Å². The molecule has 0 bridgehead atoms. The Morgan fingerprint density at radius 2 is 1.94 bits per heavy atom. The minimum Gasteiger partial charge on any atom is -0.358 e. The Labute approximate surface area is 109 Å². The molecule has 2 nitrogen and oxygen atoms in total. The second-order valence-electron chi connectivity index (χ2n) is 5.83. The molecule has 0 saturated heterocycles. The Morgan fingerprint density at radius 1 is 1.17 bits per heavy atom. The van der Waals surface area contributed by atoms with Gasteiger partial charge in [0.1, 0.15) is 0 Å². The molecule has 0 aliphatic heterocycles. The fourth-order valence-electron chi connectivity index (χ4n) is 3.20. The van der Waals surface area contributed by atoms with E-state index in [0.29, 0.717) is 0 Å². The molecule has 1 N–H and O–H groups in total. The van der Waals surface area contributed by atoms with Crippen molar-refractivity contribution in [1.29, 1.82) is 0 Å². The van der Waals surface area contributed by atoms with Gasteiger partial charge in [-0.3, -0.25) is 0 Å². The second-order valence-corrected chi connectivity index (χ2v) is 5.83. The van der Waals surface area contributed by atoms with Crippen molar-refractivity contribution in [3.63, 3.8) is 0 Å². The third-order valence-electron chi connectivity index (χ3n) is 4.34. The van der Waals surface area contributed by atoms with Gasteiger partial charge in [-0.1, -0.05) is 11.6 Å². The molecule has 0 spiro atoms. The smallest absolute Gasteiger partial charge is 0.0459 e. The molecular weight excluding hydrogens is 220 g/mol. The molecule has 0 radical (unpaired) electrons. The van der Waals surface area contributed by atoms with Crippen molar-refractivity contribution in [3.05, 3.63) is 35.0 Å². The average Bonchev–Trinajstić information content (AvgIpc) is 2.54. The number of aromatic amines is 1. The summed E-state index contributed by atoms with van der Waals surface area (Å²) in [6, 6.07) is 7.48. The van der Waals surface area contributed by atoms with E-state index in [1.54, 1.807) is 5.56 Å². The van der Waals surface area contributed by atoms with Crippen LogP contribution in [0.2, 0.25) is 0 Å². The minimum atomic E-state index is 0.727. The average molecular weight is 242 g/mol. The summed E-state index contributed by atoms with van der Waals surface area (Å²) in [6.07, 6.45) is 4.94. The first-order chi connectivity index (χ1) is 8.65. The van der Waals surface area contributed by atoms with Gasteiger partial charge in [-0.05, 0) is 64.4 Å². The van der Waals surface area contributed by atoms with E-state index in [9.17, 15) is 0 Å². The lowest BCUT2D eigenvalue weighted by molar-refractivity contribution is 0.268. The van der Waals surface area contributed by atoms with Crippen LogP contribution in [0.3, 0.4) is 0 Å². The van der Waals surface area contributed by atoms with Gasteiger partial charge in [0.05, 0.1) is 0 Å². The largest absolute Gasteiger partial charge is 0.358 e. The fraction of sp³-hybridized carbons (Fsp3) is 0.500. The van der Waals surface area contributed by atoms with Crippen LogP contribution in [0.25, 0.3) is 10.9 Å². The molecule has 1 atom stereocenters. The van der Waals surface area contributed by atoms with Crippen molar-refractivity contribution in [1.82, 2.24) is 9.88 Å². The van der Waals surface area contributed by atoms with Gasteiger partial charge in [0.25, 0.3) is 0 Å². The molecule has 1 unspecified atom stereocenters. The number of hydrogen-bond donors (Lipinski definition) is 1. The standard InChI is InChI=1S/C16H22N2/c1-11-4-8-16-14(10-11)13-7-5-12(18(2)3)6-9-15(13)17-16/h4,8,10,12,17H,5-7,9H2,1-3H3. The number of nitrogens with zero attached hydrogens (tertiary/aromatic N) is 1. The Morgan fingerprint density at radius 3 is 2.72 bits per heavy atom. The minimum absolute atomic E-state index is 0.727. The predicted molar refractivity (Wildman–Crippen MR) is 77.2 cm³/mol. The Kier molecular flexibility index (Phi) is 2.90. The van der Waals surface area contributed by atoms with Crippen LogP contribution in [0.15, 0.2) is 18.2 Å². The molecule has 1 aromatic carbocycles. The zero-order valence-electron chi connectivity index (χ0n) is 11.6. The van der Waals surface area contributed by atoms with Gasteiger partial charge in [-0.2, -0.15) is 0 Å². The van der Waals surface area contributed by atoms with Gasteiger partial charge in [-0.25, -0.2) is 0 Å². The first-order valence-corrected chi connectivity index (χ1v) is 6.91. The van der Waals surface area contributed by atoms with Gasteiger partial charge in [0.2, 0.25) is 0 Å². The van der Waals surface area contributed by atoms with E-state index in [0.717, 1.165) is 6.04 Å². The van der Waals surface area contributed by atoms with Crippen LogP contribution in [-0.2, 0) is 12.8 Å². The molecule has 1 heterocycles. The molecule has 0 fully saturated rings. The summed E-state index contributed by atoms with van der Waals surface area (Å²) in [5.41, 5.74) is 5.71. The molecular formula is C16H22N2. The van der Waals surface area contributed by atoms with E-state index in [2.05, 4.69) is 49.1 Å². The molecule has 2 aromatic rings. The van der Waals surface area contributed by atoms with Gasteiger partial charge in [0.15, 0.2) is 0 Å². The molecule has 1 aromatic heterocycles. The normalized spacial score (nSPS) is 20.1. The number of rotatable bonds is 1. The Bertz CT molecular complexity index is 566. The summed E-state index contributed by atoms with van der Waals surface area (Å²) in [5.74, 6) is 0. The maximum Gasteiger partial charge on any atom is 0.0459 e. The van der Waals surface area contributed by atoms with Gasteiger partial charge in [-0.15, -0.1) is 0 Å². The Hall–Kier alpha value is -1.28. The molecule has 1 aliphatic carbocycles. The van der Waals surface area contributed by atoms with E-state index in [1.165, 1.54) is 47.8 Å². The van der Waals surface area contributed by atoms with Crippen molar-refractivity contribution in [2.45, 2.75) is 38.6 Å². The highest BCUT2D eigenvalue weighted by atomic mass is 15.1. The van der Waals surface area contributed by atoms with Crippen LogP contribution < -0.4 is 0 Å². The van der Waals surface area contributed by atoms with Crippen LogP contribution in [0.4, 0.5) is 0 Å². The molecule has 96 valence electrons. The van der Waals surface area contributed by atoms with E-state index >= 15 is 0 Å². The lowest BCUT2D eigenvalue weighted by Gasteiger charge is -2.22. The summed E-state index contributed by atoms with van der Waals surface area (Å²) < 4.78 is 0. The first-order valence-electron chi connectivity index (χ1n) is 6.91. The Balaban J connectivity index is 2.00. The third kappa shape index (κ3) is 1.95. The number of fused-ring (bicyclic) bond motifs is 3. The maximum absolute atomic E-state index is 3.62. The van der Waals surface area contributed by atoms with E-state index < -0.39 is 0 Å². The second kappa shape index (κ2) is 4.43. The van der Waals surface area contributed by atoms with E-state index in [4.69, 9.17) is 0 Å². The summed E-state index contributed by atoms with van der Waals surface area (Å²) in [5, 5.41) is 1.45. The molecule has 2 heteroatoms. The van der Waals surface area contributed by atoms with E-state index in [1.807, 2.05) is 0 Å². The van der Waals surface area contributed by atoms with Gasteiger partial charge < -0.3 is 9.88 Å². The zero-order chi connectivity index (χ0) is 12.7. The van der Waals surface area contributed by atoms with Crippen molar-refractivity contribution in [2.75, 3.05) is 14.1 Å². The summed E-state index contributed by atoms with van der Waals surface area (Å²) >= 11 is 0. The number of H-pyrrole nitrogens is 1. The SMILES string of the molecule is Cc1ccc2[nH]c3c(c2c1)CCC(N(C)C)CC3. The maximum atomic E-state index is 3.62. The molecule has 18 heavy (non-hydrogen) atoms. The van der Waals surface area contributed by atoms with Crippen LogP contribution in [-0.4, -0.2) is 30.0 Å². The highest BCUT2D eigenvalue weighted by molar-refractivity contribution is 5.85.